The quantitative estimate of drug-likeness (QED) is 0.708. The van der Waals surface area contributed by atoms with Gasteiger partial charge in [-0.25, -0.2) is 0 Å². The number of methoxy groups -OCH3 is 1. The Kier molecular flexibility index (Phi) is 3.08. The molecule has 0 bridgehead atoms. The largest absolute Gasteiger partial charge is 0.378 e. The number of hydrogen-bond acceptors (Lipinski definition) is 4. The highest BCUT2D eigenvalue weighted by molar-refractivity contribution is 4.89. The minimum Gasteiger partial charge on any atom is -0.378 e. The summed E-state index contributed by atoms with van der Waals surface area (Å²) in [5.41, 5.74) is 0.845. The molecular formula is C9H13N5O. The Labute approximate surface area is 87.5 Å². The van der Waals surface area contributed by atoms with Gasteiger partial charge in [-0.15, -0.1) is 5.10 Å². The van der Waals surface area contributed by atoms with Crippen LogP contribution in [0.15, 0.2) is 24.7 Å². The van der Waals surface area contributed by atoms with E-state index in [9.17, 15) is 0 Å². The van der Waals surface area contributed by atoms with Crippen LogP contribution < -0.4 is 0 Å². The average molecular weight is 207 g/mol. The van der Waals surface area contributed by atoms with Gasteiger partial charge in [0.2, 0.25) is 0 Å². The summed E-state index contributed by atoms with van der Waals surface area (Å²) >= 11 is 0. The van der Waals surface area contributed by atoms with Crippen molar-refractivity contribution >= 4 is 0 Å². The molecule has 80 valence electrons. The first-order valence-electron chi connectivity index (χ1n) is 4.74. The standard InChI is InChI=1S/C9H13N5O/c1-15-8-9-7-14(12-11-9)6-5-13-4-2-3-10-13/h2-4,7H,5-6,8H2,1H3. The molecule has 0 unspecified atom stereocenters. The first-order chi connectivity index (χ1) is 7.38. The van der Waals surface area contributed by atoms with Crippen LogP contribution in [-0.2, 0) is 24.4 Å². The molecule has 6 nitrogen and oxygen atoms in total. The van der Waals surface area contributed by atoms with Gasteiger partial charge in [0.25, 0.3) is 0 Å². The molecule has 0 amide bonds. The molecule has 0 saturated heterocycles. The zero-order valence-electron chi connectivity index (χ0n) is 8.58. The summed E-state index contributed by atoms with van der Waals surface area (Å²) in [7, 11) is 1.64. The van der Waals surface area contributed by atoms with Crippen molar-refractivity contribution in [1.82, 2.24) is 24.8 Å². The van der Waals surface area contributed by atoms with E-state index >= 15 is 0 Å². The second kappa shape index (κ2) is 4.70. The minimum atomic E-state index is 0.502. The molecule has 0 atom stereocenters. The van der Waals surface area contributed by atoms with Crippen molar-refractivity contribution in [3.05, 3.63) is 30.4 Å². The normalized spacial score (nSPS) is 10.7. The molecule has 0 saturated carbocycles. The van der Waals surface area contributed by atoms with Crippen molar-refractivity contribution in [3.8, 4) is 0 Å². The molecule has 2 rings (SSSR count). The van der Waals surface area contributed by atoms with Gasteiger partial charge in [-0.2, -0.15) is 5.10 Å². The van der Waals surface area contributed by atoms with Crippen LogP contribution in [0.2, 0.25) is 0 Å². The smallest absolute Gasteiger partial charge is 0.108 e. The molecule has 0 aliphatic carbocycles. The van der Waals surface area contributed by atoms with Crippen LogP contribution in [0.5, 0.6) is 0 Å². The maximum Gasteiger partial charge on any atom is 0.108 e. The number of hydrogen-bond donors (Lipinski definition) is 0. The molecule has 0 N–H and O–H groups in total. The van der Waals surface area contributed by atoms with Crippen LogP contribution in [-0.4, -0.2) is 31.9 Å². The van der Waals surface area contributed by atoms with Crippen LogP contribution in [0.4, 0.5) is 0 Å². The maximum atomic E-state index is 4.96. The molecule has 0 aliphatic heterocycles. The summed E-state index contributed by atoms with van der Waals surface area (Å²) < 4.78 is 8.60. The molecule has 6 heteroatoms. The molecule has 2 aromatic rings. The molecule has 0 radical (unpaired) electrons. The Balaban J connectivity index is 1.88. The second-order valence-corrected chi connectivity index (χ2v) is 3.18. The van der Waals surface area contributed by atoms with Crippen molar-refractivity contribution in [2.45, 2.75) is 19.7 Å². The summed E-state index contributed by atoms with van der Waals surface area (Å²) in [5, 5.41) is 12.0. The zero-order valence-corrected chi connectivity index (χ0v) is 8.58. The van der Waals surface area contributed by atoms with Gasteiger partial charge < -0.3 is 4.74 Å². The van der Waals surface area contributed by atoms with Crippen molar-refractivity contribution < 1.29 is 4.74 Å². The molecule has 0 aliphatic rings. The molecule has 2 aromatic heterocycles. The summed E-state index contributed by atoms with van der Waals surface area (Å²) in [6.07, 6.45) is 5.57. The van der Waals surface area contributed by atoms with Gasteiger partial charge in [0.15, 0.2) is 0 Å². The molecule has 15 heavy (non-hydrogen) atoms. The number of nitrogens with zero attached hydrogens (tertiary/aromatic N) is 5. The van der Waals surface area contributed by atoms with Crippen LogP contribution in [0.1, 0.15) is 5.69 Å². The second-order valence-electron chi connectivity index (χ2n) is 3.18. The van der Waals surface area contributed by atoms with Gasteiger partial charge in [0.1, 0.15) is 5.69 Å². The molecule has 2 heterocycles. The fourth-order valence-corrected chi connectivity index (χ4v) is 1.30. The van der Waals surface area contributed by atoms with Crippen LogP contribution in [0.3, 0.4) is 0 Å². The highest BCUT2D eigenvalue weighted by atomic mass is 16.5. The van der Waals surface area contributed by atoms with Gasteiger partial charge in [-0.3, -0.25) is 9.36 Å². The third-order valence-corrected chi connectivity index (χ3v) is 2.00. The lowest BCUT2D eigenvalue weighted by molar-refractivity contribution is 0.181. The Morgan fingerprint density at radius 1 is 1.33 bits per heavy atom. The number of aryl methyl sites for hydroxylation is 2. The average Bonchev–Trinajstić information content (AvgIpc) is 2.85. The fraction of sp³-hybridized carbons (Fsp3) is 0.444. The topological polar surface area (TPSA) is 57.8 Å². The van der Waals surface area contributed by atoms with E-state index in [1.807, 2.05) is 23.1 Å². The van der Waals surface area contributed by atoms with E-state index in [2.05, 4.69) is 15.4 Å². The Morgan fingerprint density at radius 3 is 2.93 bits per heavy atom. The highest BCUT2D eigenvalue weighted by Gasteiger charge is 1.99. The van der Waals surface area contributed by atoms with Crippen LogP contribution in [0.25, 0.3) is 0 Å². The predicted octanol–water partition coefficient (Wildman–Crippen LogP) is 0.321. The van der Waals surface area contributed by atoms with Crippen molar-refractivity contribution in [3.63, 3.8) is 0 Å². The van der Waals surface area contributed by atoms with E-state index < -0.39 is 0 Å². The lowest BCUT2D eigenvalue weighted by atomic mass is 10.5. The van der Waals surface area contributed by atoms with Gasteiger partial charge in [0, 0.05) is 19.5 Å². The van der Waals surface area contributed by atoms with Gasteiger partial charge in [-0.05, 0) is 6.07 Å². The lowest BCUT2D eigenvalue weighted by Gasteiger charge is -2.00. The summed E-state index contributed by atoms with van der Waals surface area (Å²) in [6.45, 7) is 2.06. The first-order valence-corrected chi connectivity index (χ1v) is 4.74. The summed E-state index contributed by atoms with van der Waals surface area (Å²) in [5.74, 6) is 0. The third kappa shape index (κ3) is 2.63. The molecule has 0 fully saturated rings. The van der Waals surface area contributed by atoms with E-state index in [1.54, 1.807) is 18.0 Å². The van der Waals surface area contributed by atoms with E-state index in [0.29, 0.717) is 6.61 Å². The zero-order chi connectivity index (χ0) is 10.5. The third-order valence-electron chi connectivity index (χ3n) is 2.00. The Morgan fingerprint density at radius 2 is 2.20 bits per heavy atom. The van der Waals surface area contributed by atoms with Crippen molar-refractivity contribution in [1.29, 1.82) is 0 Å². The van der Waals surface area contributed by atoms with E-state index in [-0.39, 0.29) is 0 Å². The fourth-order valence-electron chi connectivity index (χ4n) is 1.30. The number of ether oxygens (including phenoxy) is 1. The number of aromatic nitrogens is 5. The van der Waals surface area contributed by atoms with Gasteiger partial charge >= 0.3 is 0 Å². The van der Waals surface area contributed by atoms with E-state index in [4.69, 9.17) is 4.74 Å². The van der Waals surface area contributed by atoms with Crippen molar-refractivity contribution in [2.24, 2.45) is 0 Å². The first kappa shape index (κ1) is 9.85. The molecular weight excluding hydrogens is 194 g/mol. The SMILES string of the molecule is COCc1cn(CCn2cccn2)nn1. The van der Waals surface area contributed by atoms with E-state index in [0.717, 1.165) is 18.8 Å². The summed E-state index contributed by atoms with van der Waals surface area (Å²) in [6, 6.07) is 1.90. The van der Waals surface area contributed by atoms with Gasteiger partial charge in [0.05, 0.1) is 25.9 Å². The maximum absolute atomic E-state index is 4.96. The van der Waals surface area contributed by atoms with E-state index in [1.165, 1.54) is 0 Å². The molecule has 0 spiro atoms. The van der Waals surface area contributed by atoms with Crippen molar-refractivity contribution in [2.75, 3.05) is 7.11 Å². The van der Waals surface area contributed by atoms with Crippen LogP contribution >= 0.6 is 0 Å². The monoisotopic (exact) mass is 207 g/mol. The lowest BCUT2D eigenvalue weighted by Crippen LogP contribution is -2.08. The Hall–Kier alpha value is -1.69. The molecule has 0 aromatic carbocycles. The number of rotatable bonds is 5. The minimum absolute atomic E-state index is 0.502. The Bertz CT molecular complexity index is 394. The highest BCUT2D eigenvalue weighted by Crippen LogP contribution is 1.95. The van der Waals surface area contributed by atoms with Crippen LogP contribution in [0, 0.1) is 0 Å². The summed E-state index contributed by atoms with van der Waals surface area (Å²) in [4.78, 5) is 0. The van der Waals surface area contributed by atoms with Gasteiger partial charge in [-0.1, -0.05) is 5.21 Å². The predicted molar refractivity (Wildman–Crippen MR) is 53.0 cm³/mol.